The molecule has 0 atom stereocenters. The highest BCUT2D eigenvalue weighted by Crippen LogP contribution is 2.24. The fraction of sp³-hybridized carbons (Fsp3) is 0.125. The van der Waals surface area contributed by atoms with Crippen LogP contribution < -0.4 is 16.2 Å². The van der Waals surface area contributed by atoms with E-state index in [0.29, 0.717) is 10.9 Å². The van der Waals surface area contributed by atoms with Crippen molar-refractivity contribution in [1.82, 2.24) is 0 Å². The smallest absolute Gasteiger partial charge is 0.267 e. The van der Waals surface area contributed by atoms with Gasteiger partial charge in [0, 0.05) is 10.6 Å². The third-order valence-electron chi connectivity index (χ3n) is 3.56. The normalized spacial score (nSPS) is 15.6. The fourth-order valence-corrected chi connectivity index (χ4v) is 2.65. The van der Waals surface area contributed by atoms with Gasteiger partial charge in [-0.25, -0.2) is 10.9 Å². The number of para-hydroxylation sites is 1. The van der Waals surface area contributed by atoms with Crippen LogP contribution in [0.4, 0.5) is 11.4 Å². The lowest BCUT2D eigenvalue weighted by atomic mass is 10.1. The number of halogens is 1. The van der Waals surface area contributed by atoms with Crippen LogP contribution in [0.25, 0.3) is 0 Å². The number of hydrogen-bond acceptors (Lipinski definition) is 3. The average molecular weight is 303 g/mol. The molecule has 3 rings (SSSR count). The van der Waals surface area contributed by atoms with Crippen LogP contribution in [0.1, 0.15) is 5.56 Å². The first-order chi connectivity index (χ1) is 10.2. The highest BCUT2D eigenvalue weighted by molar-refractivity contribution is 6.30. The summed E-state index contributed by atoms with van der Waals surface area (Å²) in [7, 11) is 1.63. The molecule has 0 fully saturated rings. The Morgan fingerprint density at radius 2 is 1.90 bits per heavy atom. The zero-order valence-electron chi connectivity index (χ0n) is 11.7. The van der Waals surface area contributed by atoms with Gasteiger partial charge in [0.15, 0.2) is 5.70 Å². The Morgan fingerprint density at radius 1 is 1.19 bits per heavy atom. The topological polar surface area (TPSA) is 55.1 Å². The monoisotopic (exact) mass is 302 g/mol. The maximum Gasteiger partial charge on any atom is 0.267 e. The van der Waals surface area contributed by atoms with Crippen LogP contribution in [0.15, 0.2) is 60.1 Å². The number of hydrazine groups is 1. The van der Waals surface area contributed by atoms with E-state index in [2.05, 4.69) is 17.4 Å². The first-order valence-corrected chi connectivity index (χ1v) is 7.07. The minimum atomic E-state index is 0.647. The lowest BCUT2D eigenvalue weighted by molar-refractivity contribution is -0.513. The van der Waals surface area contributed by atoms with E-state index in [1.54, 1.807) is 12.1 Å². The molecule has 108 valence electrons. The highest BCUT2D eigenvalue weighted by Gasteiger charge is 2.27. The second-order valence-corrected chi connectivity index (χ2v) is 5.34. The molecule has 1 aliphatic heterocycles. The highest BCUT2D eigenvalue weighted by atomic mass is 35.5. The summed E-state index contributed by atoms with van der Waals surface area (Å²) in [5, 5.41) is 4.34. The molecule has 0 radical (unpaired) electrons. The van der Waals surface area contributed by atoms with Gasteiger partial charge < -0.3 is 4.74 Å². The third-order valence-corrected chi connectivity index (χ3v) is 3.81. The van der Waals surface area contributed by atoms with Gasteiger partial charge in [0.2, 0.25) is 0 Å². The molecule has 5 heteroatoms. The summed E-state index contributed by atoms with van der Waals surface area (Å²) < 4.78 is 5.53. The second-order valence-electron chi connectivity index (χ2n) is 4.90. The molecule has 0 aromatic heterocycles. The lowest BCUT2D eigenvalue weighted by Gasteiger charge is -2.20. The number of fused-ring (bicyclic) bond motifs is 1. The van der Waals surface area contributed by atoms with Crippen molar-refractivity contribution in [3.8, 4) is 0 Å². The number of nitrogens with zero attached hydrogens (tertiary/aromatic N) is 1. The van der Waals surface area contributed by atoms with Crippen LogP contribution in [-0.2, 0) is 11.2 Å². The van der Waals surface area contributed by atoms with E-state index in [0.717, 1.165) is 17.8 Å². The van der Waals surface area contributed by atoms with Gasteiger partial charge in [-0.1, -0.05) is 29.8 Å². The molecule has 0 amide bonds. The maximum absolute atomic E-state index is 6.20. The van der Waals surface area contributed by atoms with Crippen LogP contribution in [-0.4, -0.2) is 7.11 Å². The molecule has 0 bridgehead atoms. The zero-order valence-corrected chi connectivity index (χ0v) is 12.5. The van der Waals surface area contributed by atoms with Gasteiger partial charge in [-0.3, -0.25) is 5.32 Å². The van der Waals surface area contributed by atoms with Crippen LogP contribution in [0.3, 0.4) is 0 Å². The Balaban J connectivity index is 1.92. The Labute approximate surface area is 128 Å². The van der Waals surface area contributed by atoms with Crippen LogP contribution in [0, 0.1) is 0 Å². The van der Waals surface area contributed by atoms with Crippen LogP contribution >= 0.6 is 11.6 Å². The molecular formula is C16H17ClN3O+. The summed E-state index contributed by atoms with van der Waals surface area (Å²) in [5.74, 6) is 6.85. The molecule has 1 aliphatic rings. The van der Waals surface area contributed by atoms with E-state index in [9.17, 15) is 0 Å². The molecule has 4 nitrogen and oxygen atoms in total. The number of quaternary nitrogens is 1. The van der Waals surface area contributed by atoms with Crippen molar-refractivity contribution in [1.29, 1.82) is 0 Å². The predicted molar refractivity (Wildman–Crippen MR) is 83.9 cm³/mol. The molecule has 0 spiro atoms. The summed E-state index contributed by atoms with van der Waals surface area (Å²) in [5.41, 5.74) is 4.39. The maximum atomic E-state index is 6.20. The Kier molecular flexibility index (Phi) is 3.84. The molecule has 0 saturated carbocycles. The van der Waals surface area contributed by atoms with Gasteiger partial charge in [0.1, 0.15) is 5.69 Å². The third kappa shape index (κ3) is 2.74. The van der Waals surface area contributed by atoms with Gasteiger partial charge >= 0.3 is 0 Å². The minimum Gasteiger partial charge on any atom is -0.477 e. The number of hydrogen-bond donors (Lipinski definition) is 2. The summed E-state index contributed by atoms with van der Waals surface area (Å²) >= 11 is 5.91. The van der Waals surface area contributed by atoms with E-state index in [1.807, 2.05) is 36.4 Å². The molecule has 0 aliphatic carbocycles. The van der Waals surface area contributed by atoms with Crippen molar-refractivity contribution in [3.63, 3.8) is 0 Å². The Hall–Kier alpha value is -2.01. The van der Waals surface area contributed by atoms with Gasteiger partial charge in [0.05, 0.1) is 19.2 Å². The lowest BCUT2D eigenvalue weighted by Crippen LogP contribution is -2.74. The van der Waals surface area contributed by atoms with Gasteiger partial charge in [-0.2, -0.15) is 0 Å². The average Bonchev–Trinajstić information content (AvgIpc) is 2.92. The summed E-state index contributed by atoms with van der Waals surface area (Å²) in [6, 6.07) is 15.6. The molecule has 1 heterocycles. The Morgan fingerprint density at radius 3 is 2.57 bits per heavy atom. The molecule has 2 aromatic rings. The molecular weight excluding hydrogens is 286 g/mol. The summed E-state index contributed by atoms with van der Waals surface area (Å²) in [6.45, 7) is 0. The SMILES string of the molecule is CO/C(=C1\Cc2ccccc2[NH2+]1)N(N)c1ccc(Cl)cc1. The predicted octanol–water partition coefficient (Wildman–Crippen LogP) is 2.29. The number of ether oxygens (including phenoxy) is 1. The van der Waals surface area contributed by atoms with Crippen molar-refractivity contribution in [2.24, 2.45) is 5.84 Å². The molecule has 4 N–H and O–H groups in total. The number of anilines is 1. The fourth-order valence-electron chi connectivity index (χ4n) is 2.52. The van der Waals surface area contributed by atoms with E-state index in [-0.39, 0.29) is 0 Å². The first kappa shape index (κ1) is 13.9. The number of allylic oxidation sites excluding steroid dienone is 1. The van der Waals surface area contributed by atoms with E-state index < -0.39 is 0 Å². The summed E-state index contributed by atoms with van der Waals surface area (Å²) in [4.78, 5) is 0. The van der Waals surface area contributed by atoms with Crippen molar-refractivity contribution in [2.45, 2.75) is 6.42 Å². The molecule has 21 heavy (non-hydrogen) atoms. The van der Waals surface area contributed by atoms with Crippen LogP contribution in [0.5, 0.6) is 0 Å². The first-order valence-electron chi connectivity index (χ1n) is 6.69. The van der Waals surface area contributed by atoms with Crippen molar-refractivity contribution in [3.05, 3.63) is 70.7 Å². The zero-order chi connectivity index (χ0) is 14.8. The molecule has 2 aromatic carbocycles. The van der Waals surface area contributed by atoms with Crippen molar-refractivity contribution >= 4 is 23.0 Å². The van der Waals surface area contributed by atoms with Crippen molar-refractivity contribution in [2.75, 3.05) is 12.1 Å². The van der Waals surface area contributed by atoms with Gasteiger partial charge in [-0.15, -0.1) is 0 Å². The standard InChI is InChI=1S/C16H16ClN3O/c1-21-16(20(18)13-8-6-12(17)7-9-13)15-10-11-4-2-3-5-14(11)19-15/h2-9,19H,10,18H2,1H3/p+1/b16-15+. The van der Waals surface area contributed by atoms with Crippen molar-refractivity contribution < 1.29 is 10.1 Å². The quantitative estimate of drug-likeness (QED) is 0.396. The summed E-state index contributed by atoms with van der Waals surface area (Å²) in [6.07, 6.45) is 0.820. The van der Waals surface area contributed by atoms with Crippen LogP contribution in [0.2, 0.25) is 5.02 Å². The number of nitrogens with two attached hydrogens (primary N) is 2. The minimum absolute atomic E-state index is 0.647. The number of benzene rings is 2. The van der Waals surface area contributed by atoms with Gasteiger partial charge in [-0.05, 0) is 30.3 Å². The van der Waals surface area contributed by atoms with Gasteiger partial charge in [0.25, 0.3) is 5.88 Å². The number of methoxy groups -OCH3 is 1. The van der Waals surface area contributed by atoms with E-state index >= 15 is 0 Å². The molecule has 0 unspecified atom stereocenters. The largest absolute Gasteiger partial charge is 0.477 e. The number of rotatable bonds is 3. The Bertz CT molecular complexity index is 655. The van der Waals surface area contributed by atoms with E-state index in [4.69, 9.17) is 22.2 Å². The van der Waals surface area contributed by atoms with E-state index in [1.165, 1.54) is 11.3 Å². The second kappa shape index (κ2) is 5.77. The molecule has 0 saturated heterocycles.